The van der Waals surface area contributed by atoms with Crippen LogP contribution in [-0.4, -0.2) is 52.8 Å². The lowest BCUT2D eigenvalue weighted by molar-refractivity contribution is -0.408. The Kier molecular flexibility index (Phi) is 2.56. The van der Waals surface area contributed by atoms with Crippen molar-refractivity contribution in [3.05, 3.63) is 55.4 Å². The Balaban J connectivity index is 2.07. The second-order valence-corrected chi connectivity index (χ2v) is 4.75. The predicted molar refractivity (Wildman–Crippen MR) is 78.1 cm³/mol. The number of nitrogens with zero attached hydrogens (tertiary/aromatic N) is 8. The standard InChI is InChI=1S/C12H13BN8/c1-5-14-18(9-1)13(19-10-2-6-15-19,20-11-3-7-16-20)21-12-4-8-17-21/h1-3,5-12H,4H2. The average molecular weight is 280 g/mol. The molecule has 1 aliphatic rings. The highest BCUT2D eigenvalue weighted by Crippen LogP contribution is 2.14. The van der Waals surface area contributed by atoms with Gasteiger partial charge < -0.3 is 13.8 Å². The molecule has 4 heterocycles. The topological polar surface area (TPSA) is 68.8 Å². The Bertz CT molecular complexity index is 685. The molecule has 0 fully saturated rings. The van der Waals surface area contributed by atoms with Crippen LogP contribution < -0.4 is 0 Å². The first-order valence-corrected chi connectivity index (χ1v) is 6.71. The molecule has 0 saturated heterocycles. The summed E-state index contributed by atoms with van der Waals surface area (Å²) in [7, 11) is 0. The van der Waals surface area contributed by atoms with Gasteiger partial charge in [0.05, 0.1) is 12.6 Å². The molecule has 0 unspecified atom stereocenters. The van der Waals surface area contributed by atoms with Crippen LogP contribution in [0.5, 0.6) is 0 Å². The summed E-state index contributed by atoms with van der Waals surface area (Å²) in [4.78, 5) is 0. The maximum atomic E-state index is 4.47. The molecule has 0 saturated carbocycles. The first-order chi connectivity index (χ1) is 10.4. The van der Waals surface area contributed by atoms with Gasteiger partial charge in [-0.3, -0.25) is 0 Å². The minimum atomic E-state index is -1.80. The first-order valence-electron chi connectivity index (χ1n) is 6.71. The number of rotatable bonds is 4. The Morgan fingerprint density at radius 3 is 1.67 bits per heavy atom. The van der Waals surface area contributed by atoms with E-state index in [1.165, 1.54) is 0 Å². The van der Waals surface area contributed by atoms with Crippen LogP contribution in [0.3, 0.4) is 0 Å². The summed E-state index contributed by atoms with van der Waals surface area (Å²) < 4.78 is 7.37. The van der Waals surface area contributed by atoms with Gasteiger partial charge >= 0.3 is 6.69 Å². The lowest BCUT2D eigenvalue weighted by atomic mass is 9.75. The van der Waals surface area contributed by atoms with Crippen molar-refractivity contribution in [3.8, 4) is 0 Å². The minimum absolute atomic E-state index is 0.771. The van der Waals surface area contributed by atoms with Gasteiger partial charge in [-0.1, -0.05) is 5.10 Å². The Hall–Kier alpha value is -2.97. The molecule has 0 radical (unpaired) electrons. The molecule has 9 heteroatoms. The molecule has 8 nitrogen and oxygen atoms in total. The van der Waals surface area contributed by atoms with Crippen LogP contribution in [0.15, 0.2) is 60.5 Å². The van der Waals surface area contributed by atoms with Crippen molar-refractivity contribution in [2.24, 2.45) is 5.10 Å². The SMILES string of the molecule is C1=N[N+]([B-](n2cccn2)(n2cccn2)n2cccn2)=CC1. The zero-order valence-corrected chi connectivity index (χ0v) is 11.2. The van der Waals surface area contributed by atoms with Crippen molar-refractivity contribution in [2.45, 2.75) is 6.42 Å². The number of hydrogen-bond donors (Lipinski definition) is 0. The van der Waals surface area contributed by atoms with Crippen LogP contribution in [0.1, 0.15) is 6.42 Å². The fourth-order valence-corrected chi connectivity index (χ4v) is 2.76. The average Bonchev–Trinajstić information content (AvgIpc) is 3.32. The van der Waals surface area contributed by atoms with E-state index in [-0.39, 0.29) is 0 Å². The molecular weight excluding hydrogens is 267 g/mol. The van der Waals surface area contributed by atoms with E-state index in [9.17, 15) is 0 Å². The molecule has 0 N–H and O–H groups in total. The molecule has 0 spiro atoms. The third-order valence-electron chi connectivity index (χ3n) is 3.61. The maximum Gasteiger partial charge on any atom is 0.667 e. The molecule has 3 aromatic heterocycles. The lowest BCUT2D eigenvalue weighted by Crippen LogP contribution is -2.66. The molecule has 0 amide bonds. The fourth-order valence-electron chi connectivity index (χ4n) is 2.76. The quantitative estimate of drug-likeness (QED) is 0.638. The summed E-state index contributed by atoms with van der Waals surface area (Å²) in [5, 5.41) is 17.8. The molecule has 1 aliphatic heterocycles. The third-order valence-corrected chi connectivity index (χ3v) is 3.61. The van der Waals surface area contributed by atoms with Crippen molar-refractivity contribution < 1.29 is 4.60 Å². The van der Waals surface area contributed by atoms with Gasteiger partial charge in [0.2, 0.25) is 0 Å². The number of hydrogen-bond acceptors (Lipinski definition) is 4. The molecule has 0 atom stereocenters. The van der Waals surface area contributed by atoms with Gasteiger partial charge in [-0.05, 0) is 36.8 Å². The first kappa shape index (κ1) is 11.8. The molecule has 0 aliphatic carbocycles. The zero-order chi connectivity index (χ0) is 14.1. The van der Waals surface area contributed by atoms with E-state index >= 15 is 0 Å². The van der Waals surface area contributed by atoms with Crippen molar-refractivity contribution in [3.63, 3.8) is 0 Å². The molecule has 0 bridgehead atoms. The second-order valence-electron chi connectivity index (χ2n) is 4.75. The van der Waals surface area contributed by atoms with Gasteiger partial charge in [0.1, 0.15) is 6.21 Å². The Morgan fingerprint density at radius 2 is 1.33 bits per heavy atom. The number of hydrazone groups is 1. The van der Waals surface area contributed by atoms with Gasteiger partial charge in [-0.2, -0.15) is 0 Å². The summed E-state index contributed by atoms with van der Waals surface area (Å²) in [6, 6.07) is 5.63. The highest BCUT2D eigenvalue weighted by molar-refractivity contribution is 6.67. The molecular formula is C12H13BN8. The second kappa shape index (κ2) is 4.55. The van der Waals surface area contributed by atoms with Gasteiger partial charge in [-0.15, -0.1) is 0 Å². The van der Waals surface area contributed by atoms with Crippen LogP contribution in [-0.2, 0) is 0 Å². The van der Waals surface area contributed by atoms with E-state index in [4.69, 9.17) is 0 Å². The highest BCUT2D eigenvalue weighted by atomic mass is 15.6. The lowest BCUT2D eigenvalue weighted by Gasteiger charge is -2.32. The smallest absolute Gasteiger partial charge is 0.332 e. The van der Waals surface area contributed by atoms with Gasteiger partial charge in [0.25, 0.3) is 0 Å². The third kappa shape index (κ3) is 1.60. The van der Waals surface area contributed by atoms with Gasteiger partial charge in [-0.25, -0.2) is 19.9 Å². The zero-order valence-electron chi connectivity index (χ0n) is 11.2. The summed E-state index contributed by atoms with van der Waals surface area (Å²) in [5.74, 6) is 0. The van der Waals surface area contributed by atoms with Crippen LogP contribution >= 0.6 is 0 Å². The number of aromatic nitrogens is 6. The molecule has 0 aromatic carbocycles. The fraction of sp³-hybridized carbons (Fsp3) is 0.0833. The normalized spacial score (nSPS) is 14.6. The van der Waals surface area contributed by atoms with Crippen LogP contribution in [0.4, 0.5) is 0 Å². The van der Waals surface area contributed by atoms with Crippen LogP contribution in [0, 0.1) is 0 Å². The highest BCUT2D eigenvalue weighted by Gasteiger charge is 2.51. The minimum Gasteiger partial charge on any atom is -0.332 e. The summed E-state index contributed by atoms with van der Waals surface area (Å²) in [6.45, 7) is -1.80. The monoisotopic (exact) mass is 280 g/mol. The predicted octanol–water partition coefficient (Wildman–Crippen LogP) is 0.129. The largest absolute Gasteiger partial charge is 0.667 e. The molecule has 21 heavy (non-hydrogen) atoms. The van der Waals surface area contributed by atoms with Crippen LogP contribution in [0.2, 0.25) is 0 Å². The van der Waals surface area contributed by atoms with Crippen molar-refractivity contribution in [1.82, 2.24) is 29.1 Å². The van der Waals surface area contributed by atoms with E-state index in [1.54, 1.807) is 18.6 Å². The van der Waals surface area contributed by atoms with E-state index in [0.29, 0.717) is 0 Å². The summed E-state index contributed by atoms with van der Waals surface area (Å²) >= 11 is 0. The van der Waals surface area contributed by atoms with E-state index in [2.05, 4.69) is 20.4 Å². The van der Waals surface area contributed by atoms with E-state index in [0.717, 1.165) is 6.42 Å². The van der Waals surface area contributed by atoms with E-state index in [1.807, 2.05) is 67.6 Å². The van der Waals surface area contributed by atoms with Crippen molar-refractivity contribution in [2.75, 3.05) is 0 Å². The summed E-state index contributed by atoms with van der Waals surface area (Å²) in [5.41, 5.74) is 0. The van der Waals surface area contributed by atoms with Gasteiger partial charge in [0.15, 0.2) is 0 Å². The van der Waals surface area contributed by atoms with Crippen molar-refractivity contribution in [1.29, 1.82) is 0 Å². The molecule has 104 valence electrons. The summed E-state index contributed by atoms with van der Waals surface area (Å²) in [6.07, 6.45) is 15.5. The Labute approximate surface area is 120 Å². The molecule has 4 rings (SSSR count). The van der Waals surface area contributed by atoms with E-state index < -0.39 is 6.69 Å². The van der Waals surface area contributed by atoms with Gasteiger partial charge in [0, 0.05) is 18.6 Å². The maximum absolute atomic E-state index is 4.47. The Morgan fingerprint density at radius 1 is 0.810 bits per heavy atom. The van der Waals surface area contributed by atoms with Crippen molar-refractivity contribution >= 4 is 19.1 Å². The van der Waals surface area contributed by atoms with Crippen LogP contribution in [0.25, 0.3) is 0 Å². The molecule has 3 aromatic rings.